The lowest BCUT2D eigenvalue weighted by Gasteiger charge is -2.45. The van der Waals surface area contributed by atoms with Crippen LogP contribution in [0.4, 0.5) is 0 Å². The Morgan fingerprint density at radius 3 is 2.28 bits per heavy atom. The van der Waals surface area contributed by atoms with E-state index < -0.39 is 29.3 Å². The first-order chi connectivity index (χ1) is 17.4. The van der Waals surface area contributed by atoms with E-state index in [4.69, 9.17) is 14.5 Å². The van der Waals surface area contributed by atoms with Crippen LogP contribution in [0.3, 0.4) is 0 Å². The molecule has 0 fully saturated rings. The number of esters is 2. The van der Waals surface area contributed by atoms with Gasteiger partial charge in [-0.15, -0.1) is 11.3 Å². The second kappa shape index (κ2) is 10.9. The van der Waals surface area contributed by atoms with E-state index in [2.05, 4.69) is 5.32 Å². The largest absolute Gasteiger partial charge is 0.466 e. The Hall–Kier alpha value is -3.78. The lowest BCUT2D eigenvalue weighted by atomic mass is 9.67. The van der Waals surface area contributed by atoms with Crippen LogP contribution in [0.25, 0.3) is 11.3 Å². The smallest absolute Gasteiger partial charge is 0.336 e. The van der Waals surface area contributed by atoms with Gasteiger partial charge in [-0.05, 0) is 26.3 Å². The van der Waals surface area contributed by atoms with E-state index in [1.165, 1.54) is 11.3 Å². The fourth-order valence-corrected chi connectivity index (χ4v) is 5.68. The summed E-state index contributed by atoms with van der Waals surface area (Å²) < 4.78 is 10.9. The lowest BCUT2D eigenvalue weighted by Crippen LogP contribution is -2.56. The second-order valence-electron chi connectivity index (χ2n) is 8.50. The SMILES string of the molecule is CCOC(=O)C1=C(C=O)NC(C)(c2ccccc2)C(C(=O)OCC)C1c1nc(-c2ccccc2)cs1. The van der Waals surface area contributed by atoms with Gasteiger partial charge in [0.05, 0.1) is 47.6 Å². The summed E-state index contributed by atoms with van der Waals surface area (Å²) in [6, 6.07) is 19.0. The van der Waals surface area contributed by atoms with E-state index in [1.54, 1.807) is 13.8 Å². The minimum absolute atomic E-state index is 0.0711. The molecule has 0 aliphatic carbocycles. The van der Waals surface area contributed by atoms with Crippen molar-refractivity contribution in [1.82, 2.24) is 10.3 Å². The Labute approximate surface area is 214 Å². The number of benzene rings is 2. The van der Waals surface area contributed by atoms with Crippen molar-refractivity contribution >= 4 is 29.6 Å². The Kier molecular flexibility index (Phi) is 7.64. The average Bonchev–Trinajstić information content (AvgIpc) is 3.39. The van der Waals surface area contributed by atoms with Crippen molar-refractivity contribution in [2.45, 2.75) is 32.2 Å². The quantitative estimate of drug-likeness (QED) is 0.354. The number of aromatic nitrogens is 1. The van der Waals surface area contributed by atoms with E-state index in [0.717, 1.165) is 11.1 Å². The zero-order valence-electron chi connectivity index (χ0n) is 20.4. The highest BCUT2D eigenvalue weighted by molar-refractivity contribution is 7.10. The molecular formula is C28H28N2O5S. The molecule has 3 aromatic rings. The number of ether oxygens (including phenoxy) is 2. The molecule has 1 N–H and O–H groups in total. The molecule has 2 heterocycles. The van der Waals surface area contributed by atoms with Crippen LogP contribution in [0.1, 0.15) is 37.3 Å². The van der Waals surface area contributed by atoms with E-state index in [0.29, 0.717) is 17.0 Å². The van der Waals surface area contributed by atoms with E-state index in [1.807, 2.05) is 73.0 Å². The summed E-state index contributed by atoms with van der Waals surface area (Å²) in [5.74, 6) is -2.93. The molecule has 0 amide bonds. The predicted octanol–water partition coefficient (Wildman–Crippen LogP) is 4.61. The second-order valence-corrected chi connectivity index (χ2v) is 9.39. The third-order valence-electron chi connectivity index (χ3n) is 6.34. The molecule has 0 saturated heterocycles. The van der Waals surface area contributed by atoms with Gasteiger partial charge in [0.2, 0.25) is 0 Å². The number of hydrogen-bond donors (Lipinski definition) is 1. The van der Waals surface area contributed by atoms with Crippen LogP contribution in [-0.4, -0.2) is 36.4 Å². The predicted molar refractivity (Wildman–Crippen MR) is 137 cm³/mol. The highest BCUT2D eigenvalue weighted by Gasteiger charge is 2.54. The van der Waals surface area contributed by atoms with Crippen molar-refractivity contribution in [3.8, 4) is 11.3 Å². The van der Waals surface area contributed by atoms with Gasteiger partial charge in [0.15, 0.2) is 6.29 Å². The van der Waals surface area contributed by atoms with Crippen molar-refractivity contribution in [1.29, 1.82) is 0 Å². The number of aldehydes is 1. The summed E-state index contributed by atoms with van der Waals surface area (Å²) in [6.07, 6.45) is 0.605. The summed E-state index contributed by atoms with van der Waals surface area (Å²) in [5, 5.41) is 5.61. The maximum absolute atomic E-state index is 13.6. The standard InChI is InChI=1S/C28H28N2O5S/c1-4-34-26(32)22-20(16-31)30-28(3,19-14-10-7-11-15-19)24(27(33)35-5-2)23(22)25-29-21(17-36-25)18-12-8-6-9-13-18/h6-17,23-24,30H,4-5H2,1-3H3. The number of thiazole rings is 1. The first-order valence-corrected chi connectivity index (χ1v) is 12.7. The number of nitrogens with zero attached hydrogens (tertiary/aromatic N) is 1. The molecule has 4 rings (SSSR count). The van der Waals surface area contributed by atoms with E-state index >= 15 is 0 Å². The molecule has 0 saturated carbocycles. The Balaban J connectivity index is 1.97. The fourth-order valence-electron chi connectivity index (χ4n) is 4.71. The molecule has 1 aliphatic heterocycles. The number of nitrogens with one attached hydrogen (secondary N) is 1. The molecule has 8 heteroatoms. The van der Waals surface area contributed by atoms with Gasteiger partial charge in [0.1, 0.15) is 5.01 Å². The zero-order valence-corrected chi connectivity index (χ0v) is 21.2. The molecule has 186 valence electrons. The van der Waals surface area contributed by atoms with Crippen molar-refractivity contribution in [2.24, 2.45) is 5.92 Å². The molecular weight excluding hydrogens is 476 g/mol. The first-order valence-electron chi connectivity index (χ1n) is 11.8. The van der Waals surface area contributed by atoms with Gasteiger partial charge >= 0.3 is 11.9 Å². The summed E-state index contributed by atoms with van der Waals surface area (Å²) >= 11 is 1.33. The Bertz CT molecular complexity index is 1270. The maximum atomic E-state index is 13.6. The molecule has 3 atom stereocenters. The molecule has 0 radical (unpaired) electrons. The first kappa shape index (κ1) is 25.3. The van der Waals surface area contributed by atoms with Gasteiger partial charge in [-0.25, -0.2) is 9.78 Å². The van der Waals surface area contributed by atoms with Crippen LogP contribution in [0, 0.1) is 5.92 Å². The van der Waals surface area contributed by atoms with Crippen molar-refractivity contribution in [3.63, 3.8) is 0 Å². The molecule has 0 bridgehead atoms. The Morgan fingerprint density at radius 2 is 1.67 bits per heavy atom. The Morgan fingerprint density at radius 1 is 1.03 bits per heavy atom. The molecule has 1 aromatic heterocycles. The number of hydrogen-bond acceptors (Lipinski definition) is 8. The molecule has 2 aromatic carbocycles. The topological polar surface area (TPSA) is 94.6 Å². The van der Waals surface area contributed by atoms with Crippen molar-refractivity contribution < 1.29 is 23.9 Å². The third-order valence-corrected chi connectivity index (χ3v) is 7.26. The van der Waals surface area contributed by atoms with Crippen molar-refractivity contribution in [3.05, 3.63) is 87.9 Å². The van der Waals surface area contributed by atoms with E-state index in [9.17, 15) is 14.4 Å². The number of carbonyl (C=O) groups excluding carboxylic acids is 3. The third kappa shape index (κ3) is 4.68. The van der Waals surface area contributed by atoms with Gasteiger partial charge in [-0.1, -0.05) is 60.7 Å². The molecule has 3 unspecified atom stereocenters. The van der Waals surface area contributed by atoms with Crippen LogP contribution in [0.2, 0.25) is 0 Å². The van der Waals surface area contributed by atoms with Crippen LogP contribution in [0.15, 0.2) is 77.3 Å². The van der Waals surface area contributed by atoms with Crippen LogP contribution in [-0.2, 0) is 29.4 Å². The normalized spacial score (nSPS) is 21.4. The molecule has 0 spiro atoms. The molecule has 36 heavy (non-hydrogen) atoms. The van der Waals surface area contributed by atoms with Crippen LogP contribution >= 0.6 is 11.3 Å². The summed E-state index contributed by atoms with van der Waals surface area (Å²) in [6.45, 7) is 5.55. The molecule has 1 aliphatic rings. The van der Waals surface area contributed by atoms with Gasteiger partial charge in [0.25, 0.3) is 0 Å². The van der Waals surface area contributed by atoms with Gasteiger partial charge in [0, 0.05) is 10.9 Å². The van der Waals surface area contributed by atoms with Crippen LogP contribution < -0.4 is 5.32 Å². The zero-order chi connectivity index (χ0) is 25.7. The number of rotatable bonds is 8. The summed E-state index contributed by atoms with van der Waals surface area (Å²) in [5.41, 5.74) is 1.48. The average molecular weight is 505 g/mol. The van der Waals surface area contributed by atoms with Gasteiger partial charge in [-0.3, -0.25) is 9.59 Å². The van der Waals surface area contributed by atoms with E-state index in [-0.39, 0.29) is 24.5 Å². The molecule has 7 nitrogen and oxygen atoms in total. The fraction of sp³-hybridized carbons (Fsp3) is 0.286. The van der Waals surface area contributed by atoms with Gasteiger partial charge < -0.3 is 14.8 Å². The van der Waals surface area contributed by atoms with Gasteiger partial charge in [-0.2, -0.15) is 0 Å². The highest BCUT2D eigenvalue weighted by atomic mass is 32.1. The minimum Gasteiger partial charge on any atom is -0.466 e. The number of carbonyl (C=O) groups is 3. The maximum Gasteiger partial charge on any atom is 0.336 e. The number of allylic oxidation sites excluding steroid dienone is 1. The minimum atomic E-state index is -1.07. The summed E-state index contributed by atoms with van der Waals surface area (Å²) in [4.78, 5) is 44.1. The van der Waals surface area contributed by atoms with Crippen LogP contribution in [0.5, 0.6) is 0 Å². The monoisotopic (exact) mass is 504 g/mol. The lowest BCUT2D eigenvalue weighted by molar-refractivity contribution is -0.153. The van der Waals surface area contributed by atoms with Crippen molar-refractivity contribution in [2.75, 3.05) is 13.2 Å². The summed E-state index contributed by atoms with van der Waals surface area (Å²) in [7, 11) is 0. The highest BCUT2D eigenvalue weighted by Crippen LogP contribution is 2.49.